The summed E-state index contributed by atoms with van der Waals surface area (Å²) in [5.41, 5.74) is 5.46. The molecular formula is C11H12ClN3O2S. The van der Waals surface area contributed by atoms with Gasteiger partial charge in [-0.2, -0.15) is 4.72 Å². The second kappa shape index (κ2) is 4.81. The normalized spacial score (nSPS) is 13.7. The number of nitrogens with zero attached hydrogens (tertiary/aromatic N) is 1. The predicted octanol–water partition coefficient (Wildman–Crippen LogP) is 1.47. The molecule has 0 saturated carbocycles. The highest BCUT2D eigenvalue weighted by Crippen LogP contribution is 2.26. The van der Waals surface area contributed by atoms with Gasteiger partial charge < -0.3 is 5.73 Å². The van der Waals surface area contributed by atoms with Crippen molar-refractivity contribution >= 4 is 32.4 Å². The summed E-state index contributed by atoms with van der Waals surface area (Å²) in [7, 11) is -3.66. The van der Waals surface area contributed by atoms with Crippen LogP contribution in [0.15, 0.2) is 35.4 Å². The first-order valence-corrected chi connectivity index (χ1v) is 7.09. The summed E-state index contributed by atoms with van der Waals surface area (Å²) in [5, 5.41) is 1.38. The quantitative estimate of drug-likeness (QED) is 0.661. The van der Waals surface area contributed by atoms with E-state index >= 15 is 0 Å². The predicted molar refractivity (Wildman–Crippen MR) is 70.7 cm³/mol. The molecule has 5 nitrogen and oxygen atoms in total. The van der Waals surface area contributed by atoms with Crippen LogP contribution in [0.3, 0.4) is 0 Å². The Kier molecular flexibility index (Phi) is 3.54. The number of nitrogens with two attached hydrogens (primary N) is 1. The molecule has 18 heavy (non-hydrogen) atoms. The first-order valence-electron chi connectivity index (χ1n) is 5.23. The van der Waals surface area contributed by atoms with Crippen LogP contribution in [0.1, 0.15) is 6.92 Å². The molecule has 0 radical (unpaired) electrons. The number of hydrogen-bond donors (Lipinski definition) is 2. The van der Waals surface area contributed by atoms with Crippen molar-refractivity contribution in [3.8, 4) is 0 Å². The Bertz CT molecular complexity index is 686. The molecule has 1 aromatic heterocycles. The maximum absolute atomic E-state index is 12.1. The van der Waals surface area contributed by atoms with Crippen molar-refractivity contribution in [2.75, 3.05) is 0 Å². The van der Waals surface area contributed by atoms with Gasteiger partial charge >= 0.3 is 0 Å². The third kappa shape index (κ3) is 2.46. The largest absolute Gasteiger partial charge is 0.315 e. The zero-order valence-corrected chi connectivity index (χ0v) is 11.2. The fourth-order valence-corrected chi connectivity index (χ4v) is 3.25. The number of hydrogen-bond acceptors (Lipinski definition) is 4. The van der Waals surface area contributed by atoms with Gasteiger partial charge in [-0.15, -0.1) is 0 Å². The van der Waals surface area contributed by atoms with Crippen LogP contribution >= 0.6 is 11.6 Å². The maximum Gasteiger partial charge on any atom is 0.242 e. The molecule has 96 valence electrons. The molecule has 1 atom stereocenters. The Morgan fingerprint density at radius 3 is 2.72 bits per heavy atom. The first-order chi connectivity index (χ1) is 8.42. The van der Waals surface area contributed by atoms with Gasteiger partial charge in [-0.25, -0.2) is 13.4 Å². The van der Waals surface area contributed by atoms with Gasteiger partial charge in [0.1, 0.15) is 5.15 Å². The van der Waals surface area contributed by atoms with Crippen molar-refractivity contribution in [2.24, 2.45) is 5.73 Å². The van der Waals surface area contributed by atoms with E-state index in [4.69, 9.17) is 17.3 Å². The molecule has 0 aliphatic carbocycles. The molecular weight excluding hydrogens is 274 g/mol. The lowest BCUT2D eigenvalue weighted by Crippen LogP contribution is -2.38. The Hall–Kier alpha value is -1.21. The van der Waals surface area contributed by atoms with Gasteiger partial charge in [-0.05, 0) is 19.1 Å². The van der Waals surface area contributed by atoms with Gasteiger partial charge in [0.15, 0.2) is 0 Å². The summed E-state index contributed by atoms with van der Waals surface area (Å²) in [4.78, 5) is 4.06. The number of sulfonamides is 1. The number of halogens is 1. The van der Waals surface area contributed by atoms with E-state index in [1.165, 1.54) is 12.3 Å². The van der Waals surface area contributed by atoms with E-state index in [1.807, 2.05) is 0 Å². The zero-order valence-electron chi connectivity index (χ0n) is 9.59. The van der Waals surface area contributed by atoms with Crippen LogP contribution in [-0.2, 0) is 10.0 Å². The Morgan fingerprint density at radius 1 is 1.33 bits per heavy atom. The van der Waals surface area contributed by atoms with E-state index < -0.39 is 16.2 Å². The monoisotopic (exact) mass is 285 g/mol. The molecule has 3 N–H and O–H groups in total. The van der Waals surface area contributed by atoms with Gasteiger partial charge in [0, 0.05) is 17.0 Å². The molecule has 7 heteroatoms. The second-order valence-electron chi connectivity index (χ2n) is 3.86. The van der Waals surface area contributed by atoms with Crippen molar-refractivity contribution in [3.05, 3.63) is 35.6 Å². The van der Waals surface area contributed by atoms with E-state index in [9.17, 15) is 8.42 Å². The summed E-state index contributed by atoms with van der Waals surface area (Å²) in [5.74, 6) is 0. The highest BCUT2D eigenvalue weighted by atomic mass is 35.5. The van der Waals surface area contributed by atoms with E-state index in [-0.39, 0.29) is 10.0 Å². The molecule has 1 unspecified atom stereocenters. The van der Waals surface area contributed by atoms with Crippen molar-refractivity contribution in [1.82, 2.24) is 9.71 Å². The molecule has 2 rings (SSSR count). The van der Waals surface area contributed by atoms with E-state index in [1.54, 1.807) is 25.1 Å². The lowest BCUT2D eigenvalue weighted by molar-refractivity contribution is 0.566. The SMILES string of the molecule is CC(N)NS(=O)(=O)c1cccc2c(Cl)nccc12. The van der Waals surface area contributed by atoms with E-state index in [0.717, 1.165) is 0 Å². The summed E-state index contributed by atoms with van der Waals surface area (Å²) >= 11 is 5.93. The Labute approximate surface area is 110 Å². The molecule has 1 aromatic carbocycles. The third-order valence-electron chi connectivity index (χ3n) is 2.35. The molecule has 1 heterocycles. The van der Waals surface area contributed by atoms with Crippen molar-refractivity contribution in [1.29, 1.82) is 0 Å². The van der Waals surface area contributed by atoms with Crippen LogP contribution in [0, 0.1) is 0 Å². The summed E-state index contributed by atoms with van der Waals surface area (Å²) in [6, 6.07) is 6.45. The number of pyridine rings is 1. The smallest absolute Gasteiger partial charge is 0.242 e. The number of aromatic nitrogens is 1. The number of rotatable bonds is 3. The fraction of sp³-hybridized carbons (Fsp3) is 0.182. The molecule has 0 bridgehead atoms. The van der Waals surface area contributed by atoms with Gasteiger partial charge in [0.05, 0.1) is 11.1 Å². The minimum atomic E-state index is -3.66. The zero-order chi connectivity index (χ0) is 13.3. The standard InChI is InChI=1S/C11H12ClN3O2S/c1-7(13)15-18(16,17)10-4-2-3-9-8(10)5-6-14-11(9)12/h2-7,15H,13H2,1H3. The molecule has 0 fully saturated rings. The second-order valence-corrected chi connectivity index (χ2v) is 5.90. The lowest BCUT2D eigenvalue weighted by atomic mass is 10.2. The van der Waals surface area contributed by atoms with E-state index in [0.29, 0.717) is 10.8 Å². The van der Waals surface area contributed by atoms with Crippen LogP contribution in [0.5, 0.6) is 0 Å². The van der Waals surface area contributed by atoms with Crippen LogP contribution in [-0.4, -0.2) is 19.6 Å². The molecule has 0 amide bonds. The fourth-order valence-electron chi connectivity index (χ4n) is 1.69. The average molecular weight is 286 g/mol. The average Bonchev–Trinajstić information content (AvgIpc) is 2.27. The van der Waals surface area contributed by atoms with Gasteiger partial charge in [-0.3, -0.25) is 0 Å². The Balaban J connectivity index is 2.69. The minimum Gasteiger partial charge on any atom is -0.315 e. The molecule has 0 aliphatic rings. The summed E-state index contributed by atoms with van der Waals surface area (Å²) in [6.45, 7) is 1.55. The van der Waals surface area contributed by atoms with Crippen molar-refractivity contribution in [3.63, 3.8) is 0 Å². The highest BCUT2D eigenvalue weighted by molar-refractivity contribution is 7.89. The number of benzene rings is 1. The third-order valence-corrected chi connectivity index (χ3v) is 4.27. The Morgan fingerprint density at radius 2 is 2.06 bits per heavy atom. The van der Waals surface area contributed by atoms with E-state index in [2.05, 4.69) is 9.71 Å². The molecule has 2 aromatic rings. The van der Waals surface area contributed by atoms with Crippen LogP contribution in [0.4, 0.5) is 0 Å². The molecule has 0 aliphatic heterocycles. The molecule has 0 saturated heterocycles. The van der Waals surface area contributed by atoms with Crippen molar-refractivity contribution < 1.29 is 8.42 Å². The van der Waals surface area contributed by atoms with Gasteiger partial charge in [-0.1, -0.05) is 23.7 Å². The minimum absolute atomic E-state index is 0.140. The first kappa shape index (κ1) is 13.2. The van der Waals surface area contributed by atoms with Crippen LogP contribution in [0.25, 0.3) is 10.8 Å². The molecule has 0 spiro atoms. The highest BCUT2D eigenvalue weighted by Gasteiger charge is 2.18. The van der Waals surface area contributed by atoms with Crippen LogP contribution < -0.4 is 10.5 Å². The topological polar surface area (TPSA) is 85.1 Å². The van der Waals surface area contributed by atoms with Gasteiger partial charge in [0.2, 0.25) is 10.0 Å². The maximum atomic E-state index is 12.1. The summed E-state index contributed by atoms with van der Waals surface area (Å²) < 4.78 is 26.6. The lowest BCUT2D eigenvalue weighted by Gasteiger charge is -2.11. The van der Waals surface area contributed by atoms with Crippen LogP contribution in [0.2, 0.25) is 5.15 Å². The summed E-state index contributed by atoms with van der Waals surface area (Å²) in [6.07, 6.45) is 0.804. The number of fused-ring (bicyclic) bond motifs is 1. The number of nitrogens with one attached hydrogen (secondary N) is 1. The van der Waals surface area contributed by atoms with Crippen molar-refractivity contribution in [2.45, 2.75) is 18.0 Å². The van der Waals surface area contributed by atoms with Gasteiger partial charge in [0.25, 0.3) is 0 Å².